The predicted octanol–water partition coefficient (Wildman–Crippen LogP) is 3.71. The van der Waals surface area contributed by atoms with Gasteiger partial charge in [0.25, 0.3) is 0 Å². The molecule has 0 rings (SSSR count). The first-order chi connectivity index (χ1) is 8.99. The smallest absolute Gasteiger partial charge is 0.415 e. The summed E-state index contributed by atoms with van der Waals surface area (Å²) in [6, 6.07) is -0.881. The molecule has 0 unspecified atom stereocenters. The van der Waals surface area contributed by atoms with Crippen molar-refractivity contribution in [1.82, 2.24) is 5.32 Å². The van der Waals surface area contributed by atoms with E-state index in [0.717, 1.165) is 32.1 Å². The number of hydrogen-bond donors (Lipinski definition) is 2. The molecule has 0 radical (unpaired) electrons. The Morgan fingerprint density at radius 2 is 1.63 bits per heavy atom. The Bertz CT molecular complexity index is 276. The normalized spacial score (nSPS) is 11.1. The number of ether oxygens (including phenoxy) is 1. The molecule has 0 heterocycles. The van der Waals surface area contributed by atoms with Gasteiger partial charge in [-0.3, -0.25) is 0 Å². The minimum atomic E-state index is -0.881. The van der Waals surface area contributed by atoms with Gasteiger partial charge in [0.1, 0.15) is 5.60 Å². The SMILES string of the molecule is CCCCCCCC(CC)(CC)OC(=O)NC(N)=O. The van der Waals surface area contributed by atoms with E-state index in [1.54, 1.807) is 0 Å². The number of rotatable bonds is 9. The van der Waals surface area contributed by atoms with Crippen molar-refractivity contribution in [3.8, 4) is 0 Å². The van der Waals surface area contributed by atoms with Crippen LogP contribution in [0.4, 0.5) is 9.59 Å². The van der Waals surface area contributed by atoms with Crippen molar-refractivity contribution in [2.75, 3.05) is 0 Å². The summed E-state index contributed by atoms with van der Waals surface area (Å²) in [5.74, 6) is 0. The maximum atomic E-state index is 11.5. The van der Waals surface area contributed by atoms with Crippen molar-refractivity contribution in [3.63, 3.8) is 0 Å². The number of imide groups is 1. The second-order valence-electron chi connectivity index (χ2n) is 4.93. The monoisotopic (exact) mass is 272 g/mol. The zero-order valence-electron chi connectivity index (χ0n) is 12.5. The van der Waals surface area contributed by atoms with Gasteiger partial charge in [-0.05, 0) is 25.7 Å². The Hall–Kier alpha value is -1.26. The molecule has 0 aliphatic rings. The lowest BCUT2D eigenvalue weighted by Crippen LogP contribution is -2.42. The number of nitrogens with one attached hydrogen (secondary N) is 1. The maximum absolute atomic E-state index is 11.5. The molecule has 3 N–H and O–H groups in total. The standard InChI is InChI=1S/C14H28N2O3/c1-4-7-8-9-10-11-14(5-2,6-3)19-13(18)16-12(15)17/h4-11H2,1-3H3,(H3,15,16,17,18). The van der Waals surface area contributed by atoms with Crippen molar-refractivity contribution >= 4 is 12.1 Å². The third-order valence-corrected chi connectivity index (χ3v) is 3.56. The van der Waals surface area contributed by atoms with E-state index in [9.17, 15) is 9.59 Å². The second-order valence-corrected chi connectivity index (χ2v) is 4.93. The van der Waals surface area contributed by atoms with E-state index >= 15 is 0 Å². The number of amides is 3. The number of hydrogen-bond acceptors (Lipinski definition) is 3. The molecular weight excluding hydrogens is 244 g/mol. The van der Waals surface area contributed by atoms with E-state index in [1.807, 2.05) is 19.2 Å². The highest BCUT2D eigenvalue weighted by Gasteiger charge is 2.30. The van der Waals surface area contributed by atoms with Crippen molar-refractivity contribution in [1.29, 1.82) is 0 Å². The lowest BCUT2D eigenvalue weighted by Gasteiger charge is -2.31. The van der Waals surface area contributed by atoms with Gasteiger partial charge in [0.05, 0.1) is 0 Å². The van der Waals surface area contributed by atoms with E-state index in [2.05, 4.69) is 6.92 Å². The molecule has 0 bridgehead atoms. The molecule has 0 aliphatic carbocycles. The molecule has 0 saturated heterocycles. The number of nitrogens with two attached hydrogens (primary N) is 1. The number of unbranched alkanes of at least 4 members (excludes halogenated alkanes) is 4. The number of urea groups is 1. The van der Waals surface area contributed by atoms with Crippen LogP contribution in [0.5, 0.6) is 0 Å². The Labute approximate surface area is 116 Å². The van der Waals surface area contributed by atoms with Gasteiger partial charge in [-0.25, -0.2) is 14.9 Å². The van der Waals surface area contributed by atoms with Crippen LogP contribution < -0.4 is 11.1 Å². The maximum Gasteiger partial charge on any atom is 0.415 e. The zero-order chi connectivity index (χ0) is 14.7. The molecule has 0 aromatic rings. The Morgan fingerprint density at radius 3 is 2.11 bits per heavy atom. The van der Waals surface area contributed by atoms with Gasteiger partial charge < -0.3 is 10.5 Å². The van der Waals surface area contributed by atoms with Gasteiger partial charge in [0.15, 0.2) is 0 Å². The van der Waals surface area contributed by atoms with E-state index < -0.39 is 17.7 Å². The van der Waals surface area contributed by atoms with Crippen molar-refractivity contribution in [2.45, 2.75) is 77.7 Å². The summed E-state index contributed by atoms with van der Waals surface area (Å²) in [5.41, 5.74) is 4.42. The highest BCUT2D eigenvalue weighted by atomic mass is 16.6. The summed E-state index contributed by atoms with van der Waals surface area (Å²) >= 11 is 0. The molecule has 0 atom stereocenters. The molecule has 0 aliphatic heterocycles. The summed E-state index contributed by atoms with van der Waals surface area (Å²) < 4.78 is 5.40. The minimum Gasteiger partial charge on any atom is -0.443 e. The fraction of sp³-hybridized carbons (Fsp3) is 0.857. The predicted molar refractivity (Wildman–Crippen MR) is 75.9 cm³/mol. The average molecular weight is 272 g/mol. The number of primary amides is 1. The first-order valence-corrected chi connectivity index (χ1v) is 7.29. The fourth-order valence-electron chi connectivity index (χ4n) is 2.17. The molecule has 0 aromatic heterocycles. The lowest BCUT2D eigenvalue weighted by molar-refractivity contribution is -0.00198. The molecular formula is C14H28N2O3. The van der Waals surface area contributed by atoms with E-state index in [0.29, 0.717) is 0 Å². The number of alkyl carbamates (subject to hydrolysis) is 1. The van der Waals surface area contributed by atoms with E-state index in [-0.39, 0.29) is 0 Å². The topological polar surface area (TPSA) is 81.4 Å². The van der Waals surface area contributed by atoms with Crippen molar-refractivity contribution < 1.29 is 14.3 Å². The van der Waals surface area contributed by atoms with Crippen LogP contribution in [-0.4, -0.2) is 17.7 Å². The Balaban J connectivity index is 4.24. The molecule has 0 saturated carbocycles. The zero-order valence-corrected chi connectivity index (χ0v) is 12.5. The molecule has 0 fully saturated rings. The third kappa shape index (κ3) is 7.70. The molecule has 19 heavy (non-hydrogen) atoms. The van der Waals surface area contributed by atoms with Gasteiger partial charge in [0.2, 0.25) is 0 Å². The molecule has 5 heteroatoms. The van der Waals surface area contributed by atoms with Crippen LogP contribution in [0.25, 0.3) is 0 Å². The second kappa shape index (κ2) is 9.64. The van der Waals surface area contributed by atoms with E-state index in [4.69, 9.17) is 10.5 Å². The summed E-state index contributed by atoms with van der Waals surface area (Å²) in [6.45, 7) is 6.17. The number of carbonyl (C=O) groups is 2. The van der Waals surface area contributed by atoms with Crippen LogP contribution in [-0.2, 0) is 4.74 Å². The summed E-state index contributed by atoms with van der Waals surface area (Å²) in [4.78, 5) is 22.1. The first-order valence-electron chi connectivity index (χ1n) is 7.29. The molecule has 112 valence electrons. The Morgan fingerprint density at radius 1 is 1.05 bits per heavy atom. The van der Waals surface area contributed by atoms with Gasteiger partial charge in [0, 0.05) is 0 Å². The van der Waals surface area contributed by atoms with Gasteiger partial charge in [-0.2, -0.15) is 0 Å². The quantitative estimate of drug-likeness (QED) is 0.628. The minimum absolute atomic E-state index is 0.480. The molecule has 3 amide bonds. The first kappa shape index (κ1) is 17.7. The Kier molecular flexibility index (Phi) is 9.00. The van der Waals surface area contributed by atoms with Crippen molar-refractivity contribution in [2.24, 2.45) is 5.73 Å². The van der Waals surface area contributed by atoms with Crippen LogP contribution >= 0.6 is 0 Å². The highest BCUT2D eigenvalue weighted by Crippen LogP contribution is 2.27. The molecule has 0 spiro atoms. The lowest BCUT2D eigenvalue weighted by atomic mass is 9.90. The molecule has 0 aromatic carbocycles. The fourth-order valence-corrected chi connectivity index (χ4v) is 2.17. The van der Waals surface area contributed by atoms with Gasteiger partial charge >= 0.3 is 12.1 Å². The van der Waals surface area contributed by atoms with Crippen molar-refractivity contribution in [3.05, 3.63) is 0 Å². The molecule has 5 nitrogen and oxygen atoms in total. The average Bonchev–Trinajstić information content (AvgIpc) is 2.36. The largest absolute Gasteiger partial charge is 0.443 e. The summed E-state index contributed by atoms with van der Waals surface area (Å²) in [5, 5.41) is 1.96. The van der Waals surface area contributed by atoms with Crippen LogP contribution in [0.2, 0.25) is 0 Å². The van der Waals surface area contributed by atoms with Crippen LogP contribution in [0.3, 0.4) is 0 Å². The van der Waals surface area contributed by atoms with E-state index in [1.165, 1.54) is 19.3 Å². The van der Waals surface area contributed by atoms with Gasteiger partial charge in [-0.15, -0.1) is 0 Å². The summed E-state index contributed by atoms with van der Waals surface area (Å²) in [7, 11) is 0. The summed E-state index contributed by atoms with van der Waals surface area (Å²) in [6.07, 6.45) is 7.42. The number of carbonyl (C=O) groups excluding carboxylic acids is 2. The third-order valence-electron chi connectivity index (χ3n) is 3.56. The highest BCUT2D eigenvalue weighted by molar-refractivity contribution is 5.89. The van der Waals surface area contributed by atoms with Crippen LogP contribution in [0, 0.1) is 0 Å². The van der Waals surface area contributed by atoms with Crippen LogP contribution in [0.1, 0.15) is 72.1 Å². The van der Waals surface area contributed by atoms with Gasteiger partial charge in [-0.1, -0.05) is 46.5 Å². The van der Waals surface area contributed by atoms with Crippen LogP contribution in [0.15, 0.2) is 0 Å².